The summed E-state index contributed by atoms with van der Waals surface area (Å²) in [6, 6.07) is 5.76. The number of amides is 2. The quantitative estimate of drug-likeness (QED) is 0.215. The Morgan fingerprint density at radius 2 is 1.87 bits per heavy atom. The highest BCUT2D eigenvalue weighted by Gasteiger charge is 2.30. The number of pyridine rings is 1. The Bertz CT molecular complexity index is 1440. The molecule has 0 saturated heterocycles. The number of thiazole rings is 2. The summed E-state index contributed by atoms with van der Waals surface area (Å²) >= 11 is 6.12. The van der Waals surface area contributed by atoms with Crippen molar-refractivity contribution in [2.24, 2.45) is 0 Å². The van der Waals surface area contributed by atoms with Crippen LogP contribution in [0.1, 0.15) is 31.9 Å². The topological polar surface area (TPSA) is 97.3 Å². The van der Waals surface area contributed by atoms with Gasteiger partial charge in [-0.1, -0.05) is 23.5 Å². The number of nitrogens with one attached hydrogen (secondary N) is 1. The Morgan fingerprint density at radius 3 is 2.49 bits per heavy atom. The Morgan fingerprint density at radius 1 is 1.15 bits per heavy atom. The summed E-state index contributed by atoms with van der Waals surface area (Å²) < 4.78 is 45.8. The highest BCUT2D eigenvalue weighted by molar-refractivity contribution is 9.10. The summed E-state index contributed by atoms with van der Waals surface area (Å²) in [4.78, 5) is 40.0. The number of ether oxygens (including phenoxy) is 1. The first-order valence-corrected chi connectivity index (χ1v) is 14.0. The van der Waals surface area contributed by atoms with E-state index in [4.69, 9.17) is 4.74 Å². The number of hydrogen-bond donors (Lipinski definition) is 1. The van der Waals surface area contributed by atoms with Gasteiger partial charge in [-0.3, -0.25) is 14.7 Å². The molecule has 1 N–H and O–H groups in total. The van der Waals surface area contributed by atoms with Gasteiger partial charge in [0.05, 0.1) is 26.7 Å². The van der Waals surface area contributed by atoms with E-state index >= 15 is 0 Å². The molecule has 4 rings (SSSR count). The Balaban J connectivity index is 1.58. The molecule has 14 heteroatoms. The number of halogens is 4. The minimum Gasteiger partial charge on any atom is -0.444 e. The van der Waals surface area contributed by atoms with Gasteiger partial charge in [0.25, 0.3) is 0 Å². The second-order valence-electron chi connectivity index (χ2n) is 9.48. The second-order valence-corrected chi connectivity index (χ2v) is 12.2. The van der Waals surface area contributed by atoms with Gasteiger partial charge in [-0.15, -0.1) is 11.3 Å². The number of carbonyl (C=O) groups is 2. The van der Waals surface area contributed by atoms with Crippen LogP contribution in [-0.2, 0) is 22.1 Å². The monoisotopic (exact) mass is 641 g/mol. The predicted molar refractivity (Wildman–Crippen MR) is 148 cm³/mol. The number of alkyl halides is 3. The molecule has 0 aliphatic rings. The van der Waals surface area contributed by atoms with Crippen LogP contribution < -0.4 is 10.2 Å². The van der Waals surface area contributed by atoms with Crippen LogP contribution in [0.5, 0.6) is 0 Å². The van der Waals surface area contributed by atoms with Crippen molar-refractivity contribution >= 4 is 66.5 Å². The normalized spacial score (nSPS) is 12.8. The van der Waals surface area contributed by atoms with Crippen molar-refractivity contribution in [2.45, 2.75) is 45.0 Å². The number of anilines is 1. The number of hydrogen-bond acceptors (Lipinski definition) is 8. The van der Waals surface area contributed by atoms with Crippen LogP contribution in [-0.4, -0.2) is 45.6 Å². The number of benzene rings is 1. The fraction of sp³-hybridized carbons (Fsp3) is 0.320. The van der Waals surface area contributed by atoms with E-state index in [2.05, 4.69) is 36.2 Å². The molecular weight excluding hydrogens is 619 g/mol. The maximum atomic E-state index is 13.0. The van der Waals surface area contributed by atoms with E-state index in [-0.39, 0.29) is 13.0 Å². The first kappa shape index (κ1) is 28.9. The SMILES string of the molecule is CC(C)(C)OC(=O)NC(Cc1ccc(C(F)(F)F)cc1)CN(C=O)c1nc(Br)c(-c2nc3ccncc3s2)s1. The maximum Gasteiger partial charge on any atom is 0.416 e. The Kier molecular flexibility index (Phi) is 8.57. The van der Waals surface area contributed by atoms with Crippen molar-refractivity contribution in [3.63, 3.8) is 0 Å². The highest BCUT2D eigenvalue weighted by atomic mass is 79.9. The molecule has 2 amide bonds. The number of nitrogens with zero attached hydrogens (tertiary/aromatic N) is 4. The average Bonchev–Trinajstić information content (AvgIpc) is 3.44. The Labute approximate surface area is 238 Å². The maximum absolute atomic E-state index is 13.0. The van der Waals surface area contributed by atoms with Crippen molar-refractivity contribution in [1.82, 2.24) is 20.3 Å². The Hall–Kier alpha value is -3.10. The summed E-state index contributed by atoms with van der Waals surface area (Å²) in [5.74, 6) is 0. The van der Waals surface area contributed by atoms with E-state index in [9.17, 15) is 22.8 Å². The molecule has 8 nitrogen and oxygen atoms in total. The van der Waals surface area contributed by atoms with Crippen LogP contribution in [0.25, 0.3) is 20.1 Å². The van der Waals surface area contributed by atoms with Gasteiger partial charge < -0.3 is 10.1 Å². The van der Waals surface area contributed by atoms with E-state index in [1.807, 2.05) is 0 Å². The third-order valence-electron chi connectivity index (χ3n) is 5.23. The lowest BCUT2D eigenvalue weighted by molar-refractivity contribution is -0.137. The van der Waals surface area contributed by atoms with Crippen LogP contribution in [0.3, 0.4) is 0 Å². The van der Waals surface area contributed by atoms with Crippen molar-refractivity contribution < 1.29 is 27.5 Å². The number of rotatable bonds is 8. The summed E-state index contributed by atoms with van der Waals surface area (Å²) in [6.45, 7) is 5.12. The third kappa shape index (κ3) is 7.51. The van der Waals surface area contributed by atoms with E-state index in [0.717, 1.165) is 27.2 Å². The van der Waals surface area contributed by atoms with Crippen molar-refractivity contribution in [1.29, 1.82) is 0 Å². The third-order valence-corrected chi connectivity index (χ3v) is 8.32. The molecule has 0 spiro atoms. The van der Waals surface area contributed by atoms with Gasteiger partial charge in [0.15, 0.2) is 5.13 Å². The lowest BCUT2D eigenvalue weighted by Gasteiger charge is -2.26. The zero-order chi connectivity index (χ0) is 28.4. The zero-order valence-electron chi connectivity index (χ0n) is 21.0. The average molecular weight is 643 g/mol. The largest absolute Gasteiger partial charge is 0.444 e. The molecule has 0 saturated carbocycles. The van der Waals surface area contributed by atoms with E-state index in [1.165, 1.54) is 39.7 Å². The van der Waals surface area contributed by atoms with Gasteiger partial charge >= 0.3 is 12.3 Å². The van der Waals surface area contributed by atoms with Gasteiger partial charge in [-0.25, -0.2) is 14.8 Å². The molecule has 1 aromatic carbocycles. The number of fused-ring (bicyclic) bond motifs is 1. The summed E-state index contributed by atoms with van der Waals surface area (Å²) in [6.07, 6.45) is -1.06. The van der Waals surface area contributed by atoms with E-state index < -0.39 is 29.5 Å². The van der Waals surface area contributed by atoms with Crippen LogP contribution >= 0.6 is 38.6 Å². The van der Waals surface area contributed by atoms with Crippen LogP contribution in [0, 0.1) is 0 Å². The standard InChI is InChI=1S/C25H23BrF3N5O3S2/c1-24(2,3)37-23(36)31-16(10-14-4-6-15(7-5-14)25(27,28)29)12-34(13-35)22-33-20(26)19(39-22)21-32-17-8-9-30-11-18(17)38-21/h4-9,11,13,16H,10,12H2,1-3H3,(H,31,36). The van der Waals surface area contributed by atoms with Crippen LogP contribution in [0.2, 0.25) is 0 Å². The molecular formula is C25H23BrF3N5O3S2. The molecule has 3 heterocycles. The van der Waals surface area contributed by atoms with Crippen molar-refractivity contribution in [2.75, 3.05) is 11.4 Å². The molecule has 0 radical (unpaired) electrons. The predicted octanol–water partition coefficient (Wildman–Crippen LogP) is 6.69. The zero-order valence-corrected chi connectivity index (χ0v) is 24.2. The second kappa shape index (κ2) is 11.6. The molecule has 0 bridgehead atoms. The van der Waals surface area contributed by atoms with Crippen LogP contribution in [0.15, 0.2) is 47.3 Å². The van der Waals surface area contributed by atoms with E-state index in [1.54, 1.807) is 39.2 Å². The lowest BCUT2D eigenvalue weighted by atomic mass is 10.0. The van der Waals surface area contributed by atoms with Gasteiger partial charge in [0, 0.05) is 18.9 Å². The summed E-state index contributed by atoms with van der Waals surface area (Å²) in [5, 5.41) is 3.79. The molecule has 0 aliphatic carbocycles. The lowest BCUT2D eigenvalue weighted by Crippen LogP contribution is -2.46. The van der Waals surface area contributed by atoms with Gasteiger partial charge in [0.2, 0.25) is 6.41 Å². The fourth-order valence-electron chi connectivity index (χ4n) is 3.58. The fourth-order valence-corrected chi connectivity index (χ4v) is 6.36. The number of alkyl carbamates (subject to hydrolysis) is 1. The van der Waals surface area contributed by atoms with Crippen molar-refractivity contribution in [3.05, 3.63) is 58.5 Å². The van der Waals surface area contributed by atoms with Gasteiger partial charge in [0.1, 0.15) is 15.2 Å². The molecule has 4 aromatic rings. The summed E-state index contributed by atoms with van der Waals surface area (Å²) in [7, 11) is 0. The first-order chi connectivity index (χ1) is 18.3. The molecule has 1 unspecified atom stereocenters. The van der Waals surface area contributed by atoms with E-state index in [0.29, 0.717) is 26.7 Å². The summed E-state index contributed by atoms with van der Waals surface area (Å²) in [5.41, 5.74) is -0.214. The minimum absolute atomic E-state index is 0.00702. The minimum atomic E-state index is -4.46. The first-order valence-electron chi connectivity index (χ1n) is 11.6. The highest BCUT2D eigenvalue weighted by Crippen LogP contribution is 2.41. The molecule has 1 atom stereocenters. The van der Waals surface area contributed by atoms with Crippen molar-refractivity contribution in [3.8, 4) is 9.88 Å². The number of carbonyl (C=O) groups excluding carboxylic acids is 2. The molecule has 3 aromatic heterocycles. The molecule has 206 valence electrons. The van der Waals surface area contributed by atoms with Crippen LogP contribution in [0.4, 0.5) is 23.1 Å². The molecule has 0 fully saturated rings. The number of aromatic nitrogens is 3. The van der Waals surface area contributed by atoms with Gasteiger partial charge in [-0.05, 0) is 66.9 Å². The smallest absolute Gasteiger partial charge is 0.416 e. The molecule has 39 heavy (non-hydrogen) atoms. The van der Waals surface area contributed by atoms with Gasteiger partial charge in [-0.2, -0.15) is 13.2 Å². The molecule has 0 aliphatic heterocycles.